The van der Waals surface area contributed by atoms with Crippen LogP contribution in [0.15, 0.2) is 36.4 Å². The molecule has 2 aromatic rings. The van der Waals surface area contributed by atoms with Gasteiger partial charge >= 0.3 is 0 Å². The lowest BCUT2D eigenvalue weighted by molar-refractivity contribution is 0.0647. The summed E-state index contributed by atoms with van der Waals surface area (Å²) in [5.41, 5.74) is 1.09. The van der Waals surface area contributed by atoms with Crippen LogP contribution in [0, 0.1) is 5.92 Å². The molecule has 7 heteroatoms. The highest BCUT2D eigenvalue weighted by Gasteiger charge is 2.30. The maximum absolute atomic E-state index is 13.0. The molecule has 0 saturated carbocycles. The summed E-state index contributed by atoms with van der Waals surface area (Å²) in [7, 11) is 3.06. The van der Waals surface area contributed by atoms with Gasteiger partial charge in [0, 0.05) is 24.6 Å². The van der Waals surface area contributed by atoms with Crippen molar-refractivity contribution < 1.29 is 28.5 Å². The third-order valence-electron chi connectivity index (χ3n) is 5.61. The molecule has 2 aromatic carbocycles. The minimum Gasteiger partial charge on any atom is -0.493 e. The topological polar surface area (TPSA) is 74.3 Å². The van der Waals surface area contributed by atoms with Gasteiger partial charge in [-0.3, -0.25) is 9.59 Å². The molecule has 30 heavy (non-hydrogen) atoms. The maximum Gasteiger partial charge on any atom is 0.257 e. The van der Waals surface area contributed by atoms with Gasteiger partial charge in [-0.2, -0.15) is 0 Å². The second-order valence-electron chi connectivity index (χ2n) is 7.33. The smallest absolute Gasteiger partial charge is 0.257 e. The summed E-state index contributed by atoms with van der Waals surface area (Å²) < 4.78 is 21.8. The Morgan fingerprint density at radius 2 is 1.70 bits per heavy atom. The first-order chi connectivity index (χ1) is 14.6. The molecule has 2 heterocycles. The predicted molar refractivity (Wildman–Crippen MR) is 110 cm³/mol. The van der Waals surface area contributed by atoms with Crippen LogP contribution in [0.4, 0.5) is 0 Å². The van der Waals surface area contributed by atoms with Crippen LogP contribution in [0.2, 0.25) is 0 Å². The third-order valence-corrected chi connectivity index (χ3v) is 5.61. The van der Waals surface area contributed by atoms with E-state index in [-0.39, 0.29) is 17.6 Å². The zero-order valence-corrected chi connectivity index (χ0v) is 17.2. The number of piperidine rings is 1. The highest BCUT2D eigenvalue weighted by Crippen LogP contribution is 2.34. The van der Waals surface area contributed by atoms with Crippen LogP contribution in [0.1, 0.15) is 33.6 Å². The first-order valence-electron chi connectivity index (χ1n) is 10.1. The summed E-state index contributed by atoms with van der Waals surface area (Å²) in [4.78, 5) is 27.8. The monoisotopic (exact) mass is 411 g/mol. The molecular weight excluding hydrogens is 386 g/mol. The summed E-state index contributed by atoms with van der Waals surface area (Å²) in [6, 6.07) is 10.6. The third kappa shape index (κ3) is 3.79. The lowest BCUT2D eigenvalue weighted by atomic mass is 9.88. The van der Waals surface area contributed by atoms with Gasteiger partial charge in [-0.25, -0.2) is 0 Å². The van der Waals surface area contributed by atoms with E-state index in [1.54, 1.807) is 48.4 Å². The fourth-order valence-electron chi connectivity index (χ4n) is 4.00. The fourth-order valence-corrected chi connectivity index (χ4v) is 4.00. The molecule has 158 valence electrons. The number of para-hydroxylation sites is 1. The number of hydrogen-bond acceptors (Lipinski definition) is 6. The second kappa shape index (κ2) is 8.65. The van der Waals surface area contributed by atoms with Crippen LogP contribution in [0.25, 0.3) is 0 Å². The van der Waals surface area contributed by atoms with Gasteiger partial charge in [0.15, 0.2) is 28.8 Å². The Balaban J connectivity index is 1.43. The van der Waals surface area contributed by atoms with Gasteiger partial charge in [0.05, 0.1) is 19.8 Å². The van der Waals surface area contributed by atoms with Crippen LogP contribution in [0.5, 0.6) is 23.0 Å². The number of likely N-dealkylation sites (tertiary alicyclic amines) is 1. The van der Waals surface area contributed by atoms with Crippen molar-refractivity contribution in [2.45, 2.75) is 12.8 Å². The Kier molecular flexibility index (Phi) is 5.79. The molecule has 7 nitrogen and oxygen atoms in total. The Hall–Kier alpha value is -3.22. The van der Waals surface area contributed by atoms with Crippen LogP contribution in [0.3, 0.4) is 0 Å². The van der Waals surface area contributed by atoms with Gasteiger partial charge in [-0.05, 0) is 43.2 Å². The van der Waals surface area contributed by atoms with E-state index in [9.17, 15) is 9.59 Å². The number of benzene rings is 2. The quantitative estimate of drug-likeness (QED) is 0.704. The Morgan fingerprint density at radius 3 is 2.40 bits per heavy atom. The van der Waals surface area contributed by atoms with Gasteiger partial charge in [-0.1, -0.05) is 6.07 Å². The van der Waals surface area contributed by atoms with Gasteiger partial charge < -0.3 is 23.8 Å². The second-order valence-corrected chi connectivity index (χ2v) is 7.33. The van der Waals surface area contributed by atoms with Crippen molar-refractivity contribution in [3.8, 4) is 23.0 Å². The van der Waals surface area contributed by atoms with Crippen molar-refractivity contribution >= 4 is 11.7 Å². The predicted octanol–water partition coefficient (Wildman–Crippen LogP) is 3.21. The van der Waals surface area contributed by atoms with Crippen molar-refractivity contribution in [1.82, 2.24) is 4.90 Å². The molecule has 0 bridgehead atoms. The van der Waals surface area contributed by atoms with Crippen LogP contribution < -0.4 is 18.9 Å². The van der Waals surface area contributed by atoms with Gasteiger partial charge in [-0.15, -0.1) is 0 Å². The van der Waals surface area contributed by atoms with Crippen molar-refractivity contribution in [2.75, 3.05) is 40.5 Å². The van der Waals surface area contributed by atoms with E-state index < -0.39 is 0 Å². The lowest BCUT2D eigenvalue weighted by Gasteiger charge is -2.32. The van der Waals surface area contributed by atoms with Crippen molar-refractivity contribution in [2.24, 2.45) is 5.92 Å². The summed E-state index contributed by atoms with van der Waals surface area (Å²) in [6.45, 7) is 2.03. The molecule has 1 fully saturated rings. The summed E-state index contributed by atoms with van der Waals surface area (Å²) in [5, 5.41) is 0. The van der Waals surface area contributed by atoms with E-state index in [0.717, 1.165) is 0 Å². The Morgan fingerprint density at radius 1 is 0.967 bits per heavy atom. The van der Waals surface area contributed by atoms with Crippen LogP contribution in [-0.2, 0) is 0 Å². The van der Waals surface area contributed by atoms with E-state index in [2.05, 4.69) is 0 Å². The van der Waals surface area contributed by atoms with Crippen LogP contribution in [-0.4, -0.2) is 57.1 Å². The molecule has 2 aliphatic heterocycles. The average Bonchev–Trinajstić information content (AvgIpc) is 2.82. The van der Waals surface area contributed by atoms with E-state index in [1.165, 1.54) is 7.11 Å². The molecule has 0 aromatic heterocycles. The Bertz CT molecular complexity index is 949. The average molecular weight is 411 g/mol. The van der Waals surface area contributed by atoms with Crippen molar-refractivity contribution in [3.05, 3.63) is 47.5 Å². The Labute approximate surface area is 175 Å². The van der Waals surface area contributed by atoms with Crippen molar-refractivity contribution in [1.29, 1.82) is 0 Å². The largest absolute Gasteiger partial charge is 0.493 e. The number of fused-ring (bicyclic) bond motifs is 1. The number of ether oxygens (including phenoxy) is 4. The highest BCUT2D eigenvalue weighted by molar-refractivity contribution is 6.00. The number of ketones is 1. The fraction of sp³-hybridized carbons (Fsp3) is 0.391. The molecule has 4 rings (SSSR count). The molecule has 1 amide bonds. The normalized spacial score (nSPS) is 16.1. The first kappa shape index (κ1) is 20.1. The molecule has 0 aliphatic carbocycles. The zero-order chi connectivity index (χ0) is 21.1. The lowest BCUT2D eigenvalue weighted by Crippen LogP contribution is -2.40. The SMILES string of the molecule is COc1cccc(C(=O)N2CCC(C(=O)c3ccc4c(c3)OCCO4)CC2)c1OC. The number of carbonyl (C=O) groups is 2. The summed E-state index contributed by atoms with van der Waals surface area (Å²) >= 11 is 0. The number of methoxy groups -OCH3 is 2. The molecule has 1 saturated heterocycles. The molecule has 0 spiro atoms. The zero-order valence-electron chi connectivity index (χ0n) is 17.2. The number of rotatable bonds is 5. The molecule has 0 unspecified atom stereocenters. The highest BCUT2D eigenvalue weighted by atomic mass is 16.6. The van der Waals surface area contributed by atoms with Crippen molar-refractivity contribution in [3.63, 3.8) is 0 Å². The number of hydrogen-bond donors (Lipinski definition) is 0. The van der Waals surface area contributed by atoms with E-state index in [0.29, 0.717) is 73.3 Å². The molecule has 0 radical (unpaired) electrons. The van der Waals surface area contributed by atoms with Gasteiger partial charge in [0.25, 0.3) is 5.91 Å². The van der Waals surface area contributed by atoms with Gasteiger partial charge in [0.2, 0.25) is 0 Å². The molecule has 2 aliphatic rings. The molecular formula is C23H25NO6. The van der Waals surface area contributed by atoms with E-state index >= 15 is 0 Å². The first-order valence-corrected chi connectivity index (χ1v) is 10.1. The van der Waals surface area contributed by atoms with Gasteiger partial charge in [0.1, 0.15) is 13.2 Å². The minimum atomic E-state index is -0.121. The number of carbonyl (C=O) groups excluding carboxylic acids is 2. The van der Waals surface area contributed by atoms with Crippen LogP contribution >= 0.6 is 0 Å². The summed E-state index contributed by atoms with van der Waals surface area (Å²) in [5.74, 6) is 2.08. The maximum atomic E-state index is 13.0. The number of Topliss-reactive ketones (excluding diaryl/α,β-unsaturated/α-hetero) is 1. The summed E-state index contributed by atoms with van der Waals surface area (Å²) in [6.07, 6.45) is 1.23. The standard InChI is InChI=1S/C23H25NO6/c1-27-19-5-3-4-17(22(19)28-2)23(26)24-10-8-15(9-11-24)21(25)16-6-7-18-20(14-16)30-13-12-29-18/h3-7,14-15H,8-13H2,1-2H3. The number of amides is 1. The number of nitrogens with zero attached hydrogens (tertiary/aromatic N) is 1. The molecule has 0 N–H and O–H groups in total. The van der Waals surface area contributed by atoms with E-state index in [4.69, 9.17) is 18.9 Å². The minimum absolute atomic E-state index is 0.0815. The molecule has 0 atom stereocenters. The van der Waals surface area contributed by atoms with E-state index in [1.807, 2.05) is 0 Å².